The average molecular weight is 294 g/mol. The van der Waals surface area contributed by atoms with Crippen LogP contribution in [0, 0.1) is 12.8 Å². The summed E-state index contributed by atoms with van der Waals surface area (Å²) < 4.78 is 0. The number of carbonyl (C=O) groups is 1. The summed E-state index contributed by atoms with van der Waals surface area (Å²) in [6, 6.07) is 12.0. The van der Waals surface area contributed by atoms with E-state index in [4.69, 9.17) is 0 Å². The predicted molar refractivity (Wildman–Crippen MR) is 87.7 cm³/mol. The minimum atomic E-state index is 0.167. The molecule has 114 valence electrons. The van der Waals surface area contributed by atoms with Crippen molar-refractivity contribution in [1.82, 2.24) is 9.88 Å². The van der Waals surface area contributed by atoms with Gasteiger partial charge in [0.25, 0.3) is 5.91 Å². The molecule has 2 heterocycles. The second kappa shape index (κ2) is 6.73. The third-order valence-corrected chi connectivity index (χ3v) is 4.45. The van der Waals surface area contributed by atoms with Gasteiger partial charge in [-0.05, 0) is 55.9 Å². The highest BCUT2D eigenvalue weighted by Crippen LogP contribution is 2.22. The summed E-state index contributed by atoms with van der Waals surface area (Å²) in [4.78, 5) is 18.7. The van der Waals surface area contributed by atoms with E-state index >= 15 is 0 Å². The van der Waals surface area contributed by atoms with Crippen LogP contribution in [-0.4, -0.2) is 28.9 Å². The Morgan fingerprint density at radius 2 is 1.91 bits per heavy atom. The Morgan fingerprint density at radius 1 is 1.18 bits per heavy atom. The van der Waals surface area contributed by atoms with Crippen LogP contribution in [0.1, 0.15) is 34.3 Å². The van der Waals surface area contributed by atoms with Gasteiger partial charge >= 0.3 is 0 Å². The van der Waals surface area contributed by atoms with Gasteiger partial charge in [-0.3, -0.25) is 9.78 Å². The highest BCUT2D eigenvalue weighted by atomic mass is 16.2. The normalized spacial score (nSPS) is 15.8. The Labute approximate surface area is 132 Å². The van der Waals surface area contributed by atoms with E-state index in [1.165, 1.54) is 11.1 Å². The van der Waals surface area contributed by atoms with E-state index in [1.807, 2.05) is 54.5 Å². The number of amides is 1. The van der Waals surface area contributed by atoms with Crippen molar-refractivity contribution in [2.24, 2.45) is 5.92 Å². The van der Waals surface area contributed by atoms with E-state index in [9.17, 15) is 4.79 Å². The standard InChI is InChI=1S/C19H22N2O/c1-15-4-6-18(7-5-15)19(22)21-11-8-16(9-12-21)13-17-3-2-10-20-14-17/h2-7,10,14,16H,8-9,11-13H2,1H3. The van der Waals surface area contributed by atoms with Gasteiger partial charge in [0, 0.05) is 31.0 Å². The number of aryl methyl sites for hydroxylation is 1. The molecule has 3 nitrogen and oxygen atoms in total. The molecule has 1 fully saturated rings. The zero-order valence-electron chi connectivity index (χ0n) is 13.0. The number of hydrogen-bond donors (Lipinski definition) is 0. The summed E-state index contributed by atoms with van der Waals surface area (Å²) in [5.41, 5.74) is 3.29. The molecular weight excluding hydrogens is 272 g/mol. The minimum absolute atomic E-state index is 0.167. The minimum Gasteiger partial charge on any atom is -0.339 e. The summed E-state index contributed by atoms with van der Waals surface area (Å²) >= 11 is 0. The van der Waals surface area contributed by atoms with Gasteiger partial charge < -0.3 is 4.90 Å². The number of likely N-dealkylation sites (tertiary alicyclic amines) is 1. The van der Waals surface area contributed by atoms with Crippen LogP contribution in [0.5, 0.6) is 0 Å². The third-order valence-electron chi connectivity index (χ3n) is 4.45. The van der Waals surface area contributed by atoms with Crippen LogP contribution in [-0.2, 0) is 6.42 Å². The molecule has 0 radical (unpaired) electrons. The Balaban J connectivity index is 1.55. The Morgan fingerprint density at radius 3 is 2.55 bits per heavy atom. The first-order valence-electron chi connectivity index (χ1n) is 7.97. The monoisotopic (exact) mass is 294 g/mol. The number of nitrogens with zero attached hydrogens (tertiary/aromatic N) is 2. The summed E-state index contributed by atoms with van der Waals surface area (Å²) in [5, 5.41) is 0. The molecule has 0 atom stereocenters. The molecule has 0 N–H and O–H groups in total. The Bertz CT molecular complexity index is 614. The molecule has 22 heavy (non-hydrogen) atoms. The lowest BCUT2D eigenvalue weighted by Gasteiger charge is -2.32. The van der Waals surface area contributed by atoms with Crippen LogP contribution in [0.4, 0.5) is 0 Å². The summed E-state index contributed by atoms with van der Waals surface area (Å²) in [7, 11) is 0. The highest BCUT2D eigenvalue weighted by molar-refractivity contribution is 5.94. The van der Waals surface area contributed by atoms with Gasteiger partial charge in [0.2, 0.25) is 0 Å². The molecule has 0 spiro atoms. The fraction of sp³-hybridized carbons (Fsp3) is 0.368. The second-order valence-electron chi connectivity index (χ2n) is 6.17. The fourth-order valence-corrected chi connectivity index (χ4v) is 3.07. The molecule has 0 aliphatic carbocycles. The summed E-state index contributed by atoms with van der Waals surface area (Å²) in [6.07, 6.45) is 6.98. The maximum Gasteiger partial charge on any atom is 0.253 e. The molecule has 1 aromatic heterocycles. The third kappa shape index (κ3) is 3.53. The topological polar surface area (TPSA) is 33.2 Å². The molecule has 1 aliphatic rings. The van der Waals surface area contributed by atoms with E-state index in [-0.39, 0.29) is 5.91 Å². The SMILES string of the molecule is Cc1ccc(C(=O)N2CCC(Cc3cccnc3)CC2)cc1. The van der Waals surface area contributed by atoms with Gasteiger partial charge in [0.15, 0.2) is 0 Å². The zero-order chi connectivity index (χ0) is 15.4. The van der Waals surface area contributed by atoms with Crippen molar-refractivity contribution in [2.75, 3.05) is 13.1 Å². The molecule has 0 bridgehead atoms. The smallest absolute Gasteiger partial charge is 0.253 e. The first kappa shape index (κ1) is 14.8. The first-order valence-corrected chi connectivity index (χ1v) is 7.97. The number of piperidine rings is 1. The van der Waals surface area contributed by atoms with E-state index in [1.54, 1.807) is 0 Å². The molecule has 0 saturated carbocycles. The number of carbonyl (C=O) groups excluding carboxylic acids is 1. The van der Waals surface area contributed by atoms with Gasteiger partial charge in [0.1, 0.15) is 0 Å². The lowest BCUT2D eigenvalue weighted by molar-refractivity contribution is 0.0690. The average Bonchev–Trinajstić information content (AvgIpc) is 2.57. The lowest BCUT2D eigenvalue weighted by Crippen LogP contribution is -2.38. The van der Waals surface area contributed by atoms with Crippen LogP contribution >= 0.6 is 0 Å². The van der Waals surface area contributed by atoms with Gasteiger partial charge in [-0.15, -0.1) is 0 Å². The van der Waals surface area contributed by atoms with Crippen molar-refractivity contribution in [1.29, 1.82) is 0 Å². The van der Waals surface area contributed by atoms with E-state index in [0.29, 0.717) is 5.92 Å². The number of rotatable bonds is 3. The number of benzene rings is 1. The zero-order valence-corrected chi connectivity index (χ0v) is 13.0. The maximum absolute atomic E-state index is 12.5. The maximum atomic E-state index is 12.5. The van der Waals surface area contributed by atoms with Crippen LogP contribution in [0.15, 0.2) is 48.8 Å². The second-order valence-corrected chi connectivity index (χ2v) is 6.17. The van der Waals surface area contributed by atoms with Crippen LogP contribution < -0.4 is 0 Å². The van der Waals surface area contributed by atoms with Crippen molar-refractivity contribution >= 4 is 5.91 Å². The first-order chi connectivity index (χ1) is 10.7. The van der Waals surface area contributed by atoms with Crippen molar-refractivity contribution in [3.05, 3.63) is 65.5 Å². The fourth-order valence-electron chi connectivity index (χ4n) is 3.07. The van der Waals surface area contributed by atoms with Crippen molar-refractivity contribution in [3.8, 4) is 0 Å². The van der Waals surface area contributed by atoms with Gasteiger partial charge in [-0.25, -0.2) is 0 Å². The number of aromatic nitrogens is 1. The summed E-state index contributed by atoms with van der Waals surface area (Å²) in [6.45, 7) is 3.76. The van der Waals surface area contributed by atoms with Crippen molar-refractivity contribution < 1.29 is 4.79 Å². The Kier molecular flexibility index (Phi) is 4.52. The molecule has 2 aromatic rings. The molecule has 1 aromatic carbocycles. The molecule has 3 heteroatoms. The van der Waals surface area contributed by atoms with E-state index < -0.39 is 0 Å². The predicted octanol–water partition coefficient (Wildman–Crippen LogP) is 3.48. The Hall–Kier alpha value is -2.16. The lowest BCUT2D eigenvalue weighted by atomic mass is 9.90. The van der Waals surface area contributed by atoms with Crippen molar-refractivity contribution in [3.63, 3.8) is 0 Å². The largest absolute Gasteiger partial charge is 0.339 e. The van der Waals surface area contributed by atoms with E-state index in [2.05, 4.69) is 11.1 Å². The quantitative estimate of drug-likeness (QED) is 0.868. The molecule has 1 saturated heterocycles. The molecule has 0 unspecified atom stereocenters. The molecular formula is C19H22N2O. The summed E-state index contributed by atoms with van der Waals surface area (Å²) in [5.74, 6) is 0.825. The van der Waals surface area contributed by atoms with E-state index in [0.717, 1.165) is 37.9 Å². The van der Waals surface area contributed by atoms with Crippen LogP contribution in [0.3, 0.4) is 0 Å². The van der Waals surface area contributed by atoms with Gasteiger partial charge in [0.05, 0.1) is 0 Å². The van der Waals surface area contributed by atoms with Gasteiger partial charge in [-0.1, -0.05) is 23.8 Å². The van der Waals surface area contributed by atoms with Crippen molar-refractivity contribution in [2.45, 2.75) is 26.2 Å². The molecule has 3 rings (SSSR count). The molecule has 1 aliphatic heterocycles. The molecule has 1 amide bonds. The number of hydrogen-bond acceptors (Lipinski definition) is 2. The van der Waals surface area contributed by atoms with Crippen LogP contribution in [0.2, 0.25) is 0 Å². The van der Waals surface area contributed by atoms with Crippen LogP contribution in [0.25, 0.3) is 0 Å². The number of pyridine rings is 1. The van der Waals surface area contributed by atoms with Gasteiger partial charge in [-0.2, -0.15) is 0 Å². The highest BCUT2D eigenvalue weighted by Gasteiger charge is 2.23.